The first-order valence-electron chi connectivity index (χ1n) is 5.83. The zero-order chi connectivity index (χ0) is 13.6. The van der Waals surface area contributed by atoms with E-state index in [1.807, 2.05) is 24.3 Å². The van der Waals surface area contributed by atoms with Gasteiger partial charge in [-0.25, -0.2) is 0 Å². The van der Waals surface area contributed by atoms with Crippen LogP contribution in [0.15, 0.2) is 45.3 Å². The van der Waals surface area contributed by atoms with Crippen molar-refractivity contribution in [1.29, 1.82) is 0 Å². The predicted molar refractivity (Wildman–Crippen MR) is 85.5 cm³/mol. The molecule has 0 unspecified atom stereocenters. The zero-order valence-corrected chi connectivity index (χ0v) is 13.3. The molecule has 0 amide bonds. The third kappa shape index (κ3) is 2.19. The normalized spacial score (nSPS) is 11.1. The van der Waals surface area contributed by atoms with Gasteiger partial charge in [-0.2, -0.15) is 0 Å². The SMILES string of the molecule is Cc1c(-c2ccc(Br)cc2O)[nH]c2ccc(Br)cc12. The van der Waals surface area contributed by atoms with Gasteiger partial charge in [-0.3, -0.25) is 0 Å². The second kappa shape index (κ2) is 4.69. The van der Waals surface area contributed by atoms with E-state index in [1.54, 1.807) is 6.07 Å². The molecular weight excluding hydrogens is 370 g/mol. The maximum absolute atomic E-state index is 10.1. The summed E-state index contributed by atoms with van der Waals surface area (Å²) < 4.78 is 1.92. The van der Waals surface area contributed by atoms with E-state index in [2.05, 4.69) is 49.8 Å². The van der Waals surface area contributed by atoms with Crippen LogP contribution < -0.4 is 0 Å². The Hall–Kier alpha value is -1.26. The molecule has 0 radical (unpaired) electrons. The van der Waals surface area contributed by atoms with Gasteiger partial charge in [-0.15, -0.1) is 0 Å². The van der Waals surface area contributed by atoms with Crippen molar-refractivity contribution in [3.8, 4) is 17.0 Å². The Labute approximate surface area is 127 Å². The zero-order valence-electron chi connectivity index (χ0n) is 10.2. The minimum atomic E-state index is 0.267. The van der Waals surface area contributed by atoms with Crippen molar-refractivity contribution in [2.24, 2.45) is 0 Å². The lowest BCUT2D eigenvalue weighted by Crippen LogP contribution is -1.82. The average molecular weight is 381 g/mol. The molecule has 19 heavy (non-hydrogen) atoms. The van der Waals surface area contributed by atoms with Gasteiger partial charge in [0.1, 0.15) is 5.75 Å². The van der Waals surface area contributed by atoms with E-state index in [4.69, 9.17) is 0 Å². The van der Waals surface area contributed by atoms with E-state index < -0.39 is 0 Å². The van der Waals surface area contributed by atoms with Crippen LogP contribution in [0.2, 0.25) is 0 Å². The van der Waals surface area contributed by atoms with Crippen LogP contribution in [0.1, 0.15) is 5.56 Å². The van der Waals surface area contributed by atoms with Crippen LogP contribution in [-0.4, -0.2) is 10.1 Å². The van der Waals surface area contributed by atoms with Gasteiger partial charge >= 0.3 is 0 Å². The van der Waals surface area contributed by atoms with Crippen LogP contribution in [0.25, 0.3) is 22.2 Å². The maximum atomic E-state index is 10.1. The van der Waals surface area contributed by atoms with Crippen LogP contribution in [0.4, 0.5) is 0 Å². The van der Waals surface area contributed by atoms with Crippen molar-refractivity contribution in [3.05, 3.63) is 50.9 Å². The summed E-state index contributed by atoms with van der Waals surface area (Å²) in [5, 5.41) is 11.2. The summed E-state index contributed by atoms with van der Waals surface area (Å²) in [6.07, 6.45) is 0. The highest BCUT2D eigenvalue weighted by atomic mass is 79.9. The summed E-state index contributed by atoms with van der Waals surface area (Å²) in [6, 6.07) is 11.7. The number of phenols is 1. The predicted octanol–water partition coefficient (Wildman–Crippen LogP) is 5.37. The fourth-order valence-electron chi connectivity index (χ4n) is 2.28. The molecule has 0 atom stereocenters. The van der Waals surface area contributed by atoms with Gasteiger partial charge in [-0.05, 0) is 48.9 Å². The highest BCUT2D eigenvalue weighted by Gasteiger charge is 2.13. The number of aromatic amines is 1. The Morgan fingerprint density at radius 3 is 2.42 bits per heavy atom. The topological polar surface area (TPSA) is 36.0 Å². The monoisotopic (exact) mass is 379 g/mol. The van der Waals surface area contributed by atoms with Gasteiger partial charge in [0.25, 0.3) is 0 Å². The minimum absolute atomic E-state index is 0.267. The molecule has 0 bridgehead atoms. The van der Waals surface area contributed by atoms with Crippen LogP contribution in [0.5, 0.6) is 5.75 Å². The number of halogens is 2. The first-order chi connectivity index (χ1) is 9.06. The number of H-pyrrole nitrogens is 1. The molecule has 0 fully saturated rings. The van der Waals surface area contributed by atoms with Crippen molar-refractivity contribution in [2.75, 3.05) is 0 Å². The van der Waals surface area contributed by atoms with Crippen molar-refractivity contribution in [1.82, 2.24) is 4.98 Å². The molecular formula is C15H11Br2NO. The Kier molecular flexibility index (Phi) is 3.15. The summed E-state index contributed by atoms with van der Waals surface area (Å²) in [5.74, 6) is 0.267. The standard InChI is InChI=1S/C15H11Br2NO/c1-8-12-6-9(16)3-5-13(12)18-15(8)11-4-2-10(17)7-14(11)19/h2-7,18-19H,1H3. The lowest BCUT2D eigenvalue weighted by molar-refractivity contribution is 0.477. The number of aromatic hydroxyl groups is 1. The van der Waals surface area contributed by atoms with E-state index in [0.717, 1.165) is 36.7 Å². The van der Waals surface area contributed by atoms with Crippen LogP contribution >= 0.6 is 31.9 Å². The molecule has 3 aromatic rings. The van der Waals surface area contributed by atoms with Crippen molar-refractivity contribution in [2.45, 2.75) is 6.92 Å². The third-order valence-electron chi connectivity index (χ3n) is 3.25. The molecule has 0 aliphatic rings. The van der Waals surface area contributed by atoms with Gasteiger partial charge < -0.3 is 10.1 Å². The fraction of sp³-hybridized carbons (Fsp3) is 0.0667. The van der Waals surface area contributed by atoms with Gasteiger partial charge in [0, 0.05) is 25.4 Å². The number of benzene rings is 2. The summed E-state index contributed by atoms with van der Waals surface area (Å²) in [7, 11) is 0. The number of rotatable bonds is 1. The van der Waals surface area contributed by atoms with E-state index in [9.17, 15) is 5.11 Å². The molecule has 0 aliphatic carbocycles. The van der Waals surface area contributed by atoms with Crippen molar-refractivity contribution >= 4 is 42.8 Å². The number of hydrogen-bond acceptors (Lipinski definition) is 1. The molecule has 2 N–H and O–H groups in total. The molecule has 2 nitrogen and oxygen atoms in total. The second-order valence-corrected chi connectivity index (χ2v) is 6.31. The molecule has 0 saturated heterocycles. The highest BCUT2D eigenvalue weighted by Crippen LogP contribution is 2.36. The van der Waals surface area contributed by atoms with E-state index in [0.29, 0.717) is 0 Å². The lowest BCUT2D eigenvalue weighted by atomic mass is 10.1. The van der Waals surface area contributed by atoms with Gasteiger partial charge in [0.2, 0.25) is 0 Å². The minimum Gasteiger partial charge on any atom is -0.507 e. The molecule has 3 rings (SSSR count). The number of aryl methyl sites for hydroxylation is 1. The Morgan fingerprint density at radius 2 is 1.68 bits per heavy atom. The molecule has 2 aromatic carbocycles. The second-order valence-electron chi connectivity index (χ2n) is 4.48. The molecule has 0 spiro atoms. The average Bonchev–Trinajstić information content (AvgIpc) is 2.67. The third-order valence-corrected chi connectivity index (χ3v) is 4.24. The number of fused-ring (bicyclic) bond motifs is 1. The Balaban J connectivity index is 2.28. The summed E-state index contributed by atoms with van der Waals surface area (Å²) in [5.41, 5.74) is 3.97. The fourth-order valence-corrected chi connectivity index (χ4v) is 2.99. The first kappa shape index (κ1) is 12.8. The van der Waals surface area contributed by atoms with Crippen LogP contribution in [0, 0.1) is 6.92 Å². The van der Waals surface area contributed by atoms with E-state index in [-0.39, 0.29) is 5.75 Å². The van der Waals surface area contributed by atoms with Gasteiger partial charge in [0.05, 0.1) is 5.69 Å². The smallest absolute Gasteiger partial charge is 0.126 e. The molecule has 0 aliphatic heterocycles. The van der Waals surface area contributed by atoms with Crippen LogP contribution in [0.3, 0.4) is 0 Å². The number of nitrogens with one attached hydrogen (secondary N) is 1. The maximum Gasteiger partial charge on any atom is 0.126 e. The van der Waals surface area contributed by atoms with Crippen molar-refractivity contribution in [3.63, 3.8) is 0 Å². The van der Waals surface area contributed by atoms with Gasteiger partial charge in [0.15, 0.2) is 0 Å². The number of hydrogen-bond donors (Lipinski definition) is 2. The lowest BCUT2D eigenvalue weighted by Gasteiger charge is -2.04. The molecule has 96 valence electrons. The largest absolute Gasteiger partial charge is 0.507 e. The van der Waals surface area contributed by atoms with E-state index in [1.165, 1.54) is 0 Å². The summed E-state index contributed by atoms with van der Waals surface area (Å²) >= 11 is 6.84. The molecule has 0 saturated carbocycles. The van der Waals surface area contributed by atoms with Crippen molar-refractivity contribution < 1.29 is 5.11 Å². The Bertz CT molecular complexity index is 777. The number of aromatic nitrogens is 1. The highest BCUT2D eigenvalue weighted by molar-refractivity contribution is 9.10. The molecule has 1 heterocycles. The Morgan fingerprint density at radius 1 is 1.00 bits per heavy atom. The van der Waals surface area contributed by atoms with E-state index >= 15 is 0 Å². The molecule has 4 heteroatoms. The molecule has 1 aromatic heterocycles. The van der Waals surface area contributed by atoms with Gasteiger partial charge in [-0.1, -0.05) is 31.9 Å². The first-order valence-corrected chi connectivity index (χ1v) is 7.41. The summed E-state index contributed by atoms with van der Waals surface area (Å²) in [4.78, 5) is 3.37. The van der Waals surface area contributed by atoms with Crippen LogP contribution in [-0.2, 0) is 0 Å². The summed E-state index contributed by atoms with van der Waals surface area (Å²) in [6.45, 7) is 2.06. The number of phenolic OH excluding ortho intramolecular Hbond substituents is 1. The quantitative estimate of drug-likeness (QED) is 0.584.